The molecule has 0 saturated carbocycles. The molecule has 1 atom stereocenters. The molecule has 1 aromatic heterocycles. The minimum atomic E-state index is -0.713. The summed E-state index contributed by atoms with van der Waals surface area (Å²) in [5, 5.41) is 0.448. The van der Waals surface area contributed by atoms with Crippen molar-refractivity contribution in [3.8, 4) is 17.2 Å². The van der Waals surface area contributed by atoms with Crippen LogP contribution in [0.5, 0.6) is 17.2 Å². The highest BCUT2D eigenvalue weighted by Crippen LogP contribution is 2.43. The first kappa shape index (κ1) is 26.4. The van der Waals surface area contributed by atoms with Crippen molar-refractivity contribution in [1.29, 1.82) is 0 Å². The number of amides is 1. The molecule has 3 aromatic carbocycles. The second kappa shape index (κ2) is 11.2. The standard InChI is InChI=1S/C32H33NO6/c1-5-7-8-17-38-26-16-10-21(19-27(26)37-6-2)29-28-30(34)24-18-20(3)9-15-25(24)39-31(28)32(35)33(29)22-11-13-23(36-4)14-12-22/h9-16,18-19,29H,5-8,17H2,1-4H3. The highest BCUT2D eigenvalue weighted by atomic mass is 16.5. The van der Waals surface area contributed by atoms with E-state index >= 15 is 0 Å². The molecule has 0 fully saturated rings. The number of anilines is 1. The monoisotopic (exact) mass is 527 g/mol. The number of rotatable bonds is 10. The molecule has 202 valence electrons. The number of hydrogen-bond donors (Lipinski definition) is 0. The second-order valence-corrected chi connectivity index (χ2v) is 9.64. The van der Waals surface area contributed by atoms with E-state index in [1.807, 2.05) is 38.1 Å². The average Bonchev–Trinajstić information content (AvgIpc) is 3.24. The Morgan fingerprint density at radius 2 is 1.69 bits per heavy atom. The molecule has 7 nitrogen and oxygen atoms in total. The summed E-state index contributed by atoms with van der Waals surface area (Å²) in [4.78, 5) is 29.4. The predicted octanol–water partition coefficient (Wildman–Crippen LogP) is 6.83. The maximum Gasteiger partial charge on any atom is 0.295 e. The molecule has 0 spiro atoms. The fourth-order valence-corrected chi connectivity index (χ4v) is 5.03. The van der Waals surface area contributed by atoms with Gasteiger partial charge in [0.05, 0.1) is 37.3 Å². The van der Waals surface area contributed by atoms with Crippen LogP contribution in [0, 0.1) is 6.92 Å². The van der Waals surface area contributed by atoms with E-state index in [9.17, 15) is 9.59 Å². The van der Waals surface area contributed by atoms with Crippen molar-refractivity contribution in [1.82, 2.24) is 0 Å². The van der Waals surface area contributed by atoms with Gasteiger partial charge in [-0.3, -0.25) is 14.5 Å². The quantitative estimate of drug-likeness (QED) is 0.210. The molecule has 5 rings (SSSR count). The van der Waals surface area contributed by atoms with Crippen molar-refractivity contribution in [3.05, 3.63) is 93.3 Å². The van der Waals surface area contributed by atoms with Gasteiger partial charge in [-0.25, -0.2) is 0 Å². The van der Waals surface area contributed by atoms with Crippen LogP contribution in [0.2, 0.25) is 0 Å². The molecule has 2 heterocycles. The first-order valence-electron chi connectivity index (χ1n) is 13.4. The lowest BCUT2D eigenvalue weighted by molar-refractivity contribution is 0.0971. The number of fused-ring (bicyclic) bond motifs is 2. The summed E-state index contributed by atoms with van der Waals surface area (Å²) in [5.74, 6) is 1.55. The zero-order valence-electron chi connectivity index (χ0n) is 22.8. The van der Waals surface area contributed by atoms with Gasteiger partial charge in [0.1, 0.15) is 11.3 Å². The molecule has 1 unspecified atom stereocenters. The number of hydrogen-bond acceptors (Lipinski definition) is 6. The molecule has 4 aromatic rings. The molecule has 0 radical (unpaired) electrons. The highest BCUT2D eigenvalue weighted by Gasteiger charge is 2.44. The summed E-state index contributed by atoms with van der Waals surface area (Å²) in [6.45, 7) is 7.02. The van der Waals surface area contributed by atoms with Crippen molar-refractivity contribution >= 4 is 22.6 Å². The van der Waals surface area contributed by atoms with E-state index < -0.39 is 6.04 Å². The zero-order chi connectivity index (χ0) is 27.5. The summed E-state index contributed by atoms with van der Waals surface area (Å²) >= 11 is 0. The van der Waals surface area contributed by atoms with Gasteiger partial charge in [-0.2, -0.15) is 0 Å². The van der Waals surface area contributed by atoms with Crippen molar-refractivity contribution in [2.45, 2.75) is 46.1 Å². The fraction of sp³-hybridized carbons (Fsp3) is 0.312. The Balaban J connectivity index is 1.67. The third-order valence-electron chi connectivity index (χ3n) is 6.97. The zero-order valence-corrected chi connectivity index (χ0v) is 22.8. The van der Waals surface area contributed by atoms with Crippen LogP contribution in [-0.4, -0.2) is 26.2 Å². The molecular weight excluding hydrogens is 494 g/mol. The van der Waals surface area contributed by atoms with Gasteiger partial charge in [-0.1, -0.05) is 37.5 Å². The number of nitrogens with zero attached hydrogens (tertiary/aromatic N) is 1. The van der Waals surface area contributed by atoms with Crippen LogP contribution >= 0.6 is 0 Å². The van der Waals surface area contributed by atoms with E-state index in [1.54, 1.807) is 48.4 Å². The number of carbonyl (C=O) groups excluding carboxylic acids is 1. The van der Waals surface area contributed by atoms with Crippen LogP contribution in [0.4, 0.5) is 5.69 Å². The molecule has 0 saturated heterocycles. The lowest BCUT2D eigenvalue weighted by Crippen LogP contribution is -2.29. The molecule has 0 N–H and O–H groups in total. The Morgan fingerprint density at radius 3 is 2.41 bits per heavy atom. The van der Waals surface area contributed by atoms with E-state index in [1.165, 1.54) is 0 Å². The Hall–Kier alpha value is -4.26. The molecule has 1 aliphatic heterocycles. The number of methoxy groups -OCH3 is 1. The molecule has 7 heteroatoms. The highest BCUT2D eigenvalue weighted by molar-refractivity contribution is 6.10. The number of carbonyl (C=O) groups is 1. The maximum atomic E-state index is 13.9. The summed E-state index contributed by atoms with van der Waals surface area (Å²) in [6, 6.07) is 17.5. The first-order valence-corrected chi connectivity index (χ1v) is 13.4. The normalized spacial score (nSPS) is 14.5. The van der Waals surface area contributed by atoms with Crippen LogP contribution in [-0.2, 0) is 0 Å². The van der Waals surface area contributed by atoms with Crippen LogP contribution in [0.15, 0.2) is 69.9 Å². The van der Waals surface area contributed by atoms with Gasteiger partial charge in [0.2, 0.25) is 5.76 Å². The van der Waals surface area contributed by atoms with Crippen LogP contribution in [0.1, 0.15) is 66.4 Å². The number of ether oxygens (including phenoxy) is 3. The average molecular weight is 528 g/mol. The molecule has 0 bridgehead atoms. The van der Waals surface area contributed by atoms with Gasteiger partial charge < -0.3 is 18.6 Å². The van der Waals surface area contributed by atoms with Crippen molar-refractivity contribution < 1.29 is 23.4 Å². The van der Waals surface area contributed by atoms with E-state index in [2.05, 4.69) is 6.92 Å². The maximum absolute atomic E-state index is 13.9. The van der Waals surface area contributed by atoms with Crippen LogP contribution in [0.25, 0.3) is 11.0 Å². The van der Waals surface area contributed by atoms with Crippen molar-refractivity contribution in [3.63, 3.8) is 0 Å². The van der Waals surface area contributed by atoms with Crippen LogP contribution < -0.4 is 24.5 Å². The second-order valence-electron chi connectivity index (χ2n) is 9.64. The summed E-state index contributed by atoms with van der Waals surface area (Å²) in [6.07, 6.45) is 3.14. The minimum absolute atomic E-state index is 0.0509. The Kier molecular flexibility index (Phi) is 7.59. The Bertz CT molecular complexity index is 1560. The first-order chi connectivity index (χ1) is 19.0. The lowest BCUT2D eigenvalue weighted by atomic mass is 9.97. The van der Waals surface area contributed by atoms with Crippen LogP contribution in [0.3, 0.4) is 0 Å². The van der Waals surface area contributed by atoms with Crippen molar-refractivity contribution in [2.24, 2.45) is 0 Å². The predicted molar refractivity (Wildman–Crippen MR) is 151 cm³/mol. The lowest BCUT2D eigenvalue weighted by Gasteiger charge is -2.26. The van der Waals surface area contributed by atoms with E-state index in [0.29, 0.717) is 52.7 Å². The summed E-state index contributed by atoms with van der Waals surface area (Å²) < 4.78 is 23.4. The summed E-state index contributed by atoms with van der Waals surface area (Å²) in [5.41, 5.74) is 2.76. The van der Waals surface area contributed by atoms with Gasteiger partial charge >= 0.3 is 0 Å². The van der Waals surface area contributed by atoms with Gasteiger partial charge in [0, 0.05) is 5.69 Å². The smallest absolute Gasteiger partial charge is 0.295 e. The minimum Gasteiger partial charge on any atom is -0.497 e. The molecule has 39 heavy (non-hydrogen) atoms. The molecule has 1 aliphatic rings. The van der Waals surface area contributed by atoms with E-state index in [4.69, 9.17) is 18.6 Å². The SMILES string of the molecule is CCCCCOc1ccc(C2c3c(oc4ccc(C)cc4c3=O)C(=O)N2c2ccc(OC)cc2)cc1OCC. The third kappa shape index (κ3) is 4.97. The van der Waals surface area contributed by atoms with Gasteiger partial charge in [0.15, 0.2) is 16.9 Å². The number of aryl methyl sites for hydroxylation is 1. The number of unbranched alkanes of at least 4 members (excludes halogenated alkanes) is 2. The van der Waals surface area contributed by atoms with E-state index in [-0.39, 0.29) is 17.1 Å². The van der Waals surface area contributed by atoms with Gasteiger partial charge in [0.25, 0.3) is 5.91 Å². The molecule has 0 aliphatic carbocycles. The summed E-state index contributed by atoms with van der Waals surface area (Å²) in [7, 11) is 1.59. The largest absolute Gasteiger partial charge is 0.497 e. The molecular formula is C32H33NO6. The van der Waals surface area contributed by atoms with Gasteiger partial charge in [-0.15, -0.1) is 0 Å². The topological polar surface area (TPSA) is 78.2 Å². The number of benzene rings is 3. The fourth-order valence-electron chi connectivity index (χ4n) is 5.03. The molecule has 1 amide bonds. The van der Waals surface area contributed by atoms with Gasteiger partial charge in [-0.05, 0) is 74.4 Å². The Morgan fingerprint density at radius 1 is 0.897 bits per heavy atom. The van der Waals surface area contributed by atoms with Crippen molar-refractivity contribution in [2.75, 3.05) is 25.2 Å². The van der Waals surface area contributed by atoms with E-state index in [0.717, 1.165) is 30.4 Å². The third-order valence-corrected chi connectivity index (χ3v) is 6.97. The Labute approximate surface area is 227 Å².